The number of likely N-dealkylation sites (tertiary alicyclic amines) is 1. The molecule has 0 aromatic rings. The summed E-state index contributed by atoms with van der Waals surface area (Å²) in [4.78, 5) is 2.40. The molecule has 1 unspecified atom stereocenters. The molecule has 0 spiro atoms. The molecule has 1 fully saturated rings. The molecule has 0 saturated carbocycles. The van der Waals surface area contributed by atoms with Gasteiger partial charge in [-0.15, -0.1) is 0 Å². The molecule has 1 atom stereocenters. The quantitative estimate of drug-likeness (QED) is 0.723. The second-order valence-corrected chi connectivity index (χ2v) is 6.07. The Morgan fingerprint density at radius 2 is 1.93 bits per heavy atom. The van der Waals surface area contributed by atoms with Crippen LogP contribution in [0.25, 0.3) is 0 Å². The monoisotopic (exact) mass is 220 g/mol. The first-order valence-electron chi connectivity index (χ1n) is 5.14. The second-order valence-electron chi connectivity index (χ2n) is 4.23. The number of rotatable bonds is 5. The van der Waals surface area contributed by atoms with Crippen molar-refractivity contribution >= 4 is 10.0 Å². The van der Waals surface area contributed by atoms with Crippen molar-refractivity contribution in [1.82, 2.24) is 9.62 Å². The smallest absolute Gasteiger partial charge is 0.208 e. The summed E-state index contributed by atoms with van der Waals surface area (Å²) in [6.07, 6.45) is 3.77. The van der Waals surface area contributed by atoms with Gasteiger partial charge in [0.15, 0.2) is 0 Å². The minimum Gasteiger partial charge on any atom is -0.303 e. The SMILES string of the molecule is CC(CNS(C)(=O)=O)CN1CCCC1. The Labute approximate surface area is 86.7 Å². The lowest BCUT2D eigenvalue weighted by Gasteiger charge is -2.19. The molecule has 1 heterocycles. The van der Waals surface area contributed by atoms with Gasteiger partial charge in [-0.1, -0.05) is 6.92 Å². The fraction of sp³-hybridized carbons (Fsp3) is 1.00. The van der Waals surface area contributed by atoms with Gasteiger partial charge in [-0.2, -0.15) is 0 Å². The second kappa shape index (κ2) is 5.09. The molecule has 1 saturated heterocycles. The lowest BCUT2D eigenvalue weighted by molar-refractivity contribution is 0.288. The maximum Gasteiger partial charge on any atom is 0.208 e. The predicted octanol–water partition coefficient (Wildman–Crippen LogP) is 0.267. The molecule has 5 heteroatoms. The highest BCUT2D eigenvalue weighted by Crippen LogP contribution is 2.09. The molecule has 0 aliphatic carbocycles. The summed E-state index contributed by atoms with van der Waals surface area (Å²) < 4.78 is 24.2. The van der Waals surface area contributed by atoms with Gasteiger partial charge in [0.25, 0.3) is 0 Å². The summed E-state index contributed by atoms with van der Waals surface area (Å²) in [5, 5.41) is 0. The molecule has 1 rings (SSSR count). The summed E-state index contributed by atoms with van der Waals surface area (Å²) in [6, 6.07) is 0. The number of sulfonamides is 1. The van der Waals surface area contributed by atoms with Crippen LogP contribution in [0.15, 0.2) is 0 Å². The number of hydrogen-bond donors (Lipinski definition) is 1. The fourth-order valence-corrected chi connectivity index (χ4v) is 2.35. The molecule has 4 nitrogen and oxygen atoms in total. The van der Waals surface area contributed by atoms with Crippen molar-refractivity contribution in [3.05, 3.63) is 0 Å². The Bertz CT molecular complexity index is 258. The molecule has 1 aliphatic rings. The lowest BCUT2D eigenvalue weighted by atomic mass is 10.2. The largest absolute Gasteiger partial charge is 0.303 e. The van der Waals surface area contributed by atoms with Crippen LogP contribution >= 0.6 is 0 Å². The Hall–Kier alpha value is -0.130. The lowest BCUT2D eigenvalue weighted by Crippen LogP contribution is -2.33. The van der Waals surface area contributed by atoms with Gasteiger partial charge in [0.05, 0.1) is 6.26 Å². The van der Waals surface area contributed by atoms with Crippen LogP contribution in [0, 0.1) is 5.92 Å². The Balaban J connectivity index is 2.18. The molecule has 0 aromatic heterocycles. The third-order valence-corrected chi connectivity index (χ3v) is 3.15. The number of nitrogens with one attached hydrogen (secondary N) is 1. The van der Waals surface area contributed by atoms with Crippen molar-refractivity contribution in [2.24, 2.45) is 5.92 Å². The highest BCUT2D eigenvalue weighted by molar-refractivity contribution is 7.88. The first kappa shape index (κ1) is 11.9. The third-order valence-electron chi connectivity index (χ3n) is 2.46. The average Bonchev–Trinajstić information content (AvgIpc) is 2.52. The van der Waals surface area contributed by atoms with Gasteiger partial charge in [-0.3, -0.25) is 0 Å². The van der Waals surface area contributed by atoms with Gasteiger partial charge in [0.2, 0.25) is 10.0 Å². The number of nitrogens with zero attached hydrogens (tertiary/aromatic N) is 1. The van der Waals surface area contributed by atoms with E-state index in [1.54, 1.807) is 0 Å². The van der Waals surface area contributed by atoms with E-state index in [9.17, 15) is 8.42 Å². The van der Waals surface area contributed by atoms with E-state index in [2.05, 4.69) is 16.5 Å². The molecular formula is C9H20N2O2S. The van der Waals surface area contributed by atoms with E-state index in [4.69, 9.17) is 0 Å². The summed E-state index contributed by atoms with van der Waals surface area (Å²) >= 11 is 0. The predicted molar refractivity (Wildman–Crippen MR) is 57.7 cm³/mol. The van der Waals surface area contributed by atoms with Crippen LogP contribution in [-0.2, 0) is 10.0 Å². The van der Waals surface area contributed by atoms with E-state index in [1.165, 1.54) is 32.2 Å². The van der Waals surface area contributed by atoms with Gasteiger partial charge in [0, 0.05) is 13.1 Å². The summed E-state index contributed by atoms with van der Waals surface area (Å²) in [7, 11) is -3.02. The number of hydrogen-bond acceptors (Lipinski definition) is 3. The Morgan fingerprint density at radius 3 is 2.43 bits per heavy atom. The molecule has 0 aromatic carbocycles. The maximum absolute atomic E-state index is 10.8. The van der Waals surface area contributed by atoms with Crippen molar-refractivity contribution < 1.29 is 8.42 Å². The Morgan fingerprint density at radius 1 is 1.36 bits per heavy atom. The van der Waals surface area contributed by atoms with Crippen molar-refractivity contribution in [3.63, 3.8) is 0 Å². The fourth-order valence-electron chi connectivity index (χ4n) is 1.76. The third kappa shape index (κ3) is 4.93. The topological polar surface area (TPSA) is 49.4 Å². The average molecular weight is 220 g/mol. The molecule has 1 aliphatic heterocycles. The van der Waals surface area contributed by atoms with E-state index in [1.807, 2.05) is 0 Å². The molecule has 1 N–H and O–H groups in total. The van der Waals surface area contributed by atoms with Crippen LogP contribution in [0.4, 0.5) is 0 Å². The van der Waals surface area contributed by atoms with Gasteiger partial charge in [0.1, 0.15) is 0 Å². The first-order chi connectivity index (χ1) is 6.47. The van der Waals surface area contributed by atoms with Crippen LogP contribution in [0.2, 0.25) is 0 Å². The highest BCUT2D eigenvalue weighted by atomic mass is 32.2. The summed E-state index contributed by atoms with van der Waals surface area (Å²) in [5.74, 6) is 0.392. The molecular weight excluding hydrogens is 200 g/mol. The van der Waals surface area contributed by atoms with E-state index in [0.29, 0.717) is 12.5 Å². The molecule has 14 heavy (non-hydrogen) atoms. The van der Waals surface area contributed by atoms with Crippen LogP contribution in [-0.4, -0.2) is 45.8 Å². The van der Waals surface area contributed by atoms with Gasteiger partial charge in [-0.05, 0) is 31.8 Å². The van der Waals surface area contributed by atoms with Crippen LogP contribution in [0.5, 0.6) is 0 Å². The Kier molecular flexibility index (Phi) is 4.34. The zero-order valence-corrected chi connectivity index (χ0v) is 9.81. The first-order valence-corrected chi connectivity index (χ1v) is 7.03. The standard InChI is InChI=1S/C9H20N2O2S/c1-9(7-10-14(2,12)13)8-11-5-3-4-6-11/h9-10H,3-8H2,1-2H3. The van der Waals surface area contributed by atoms with Gasteiger partial charge < -0.3 is 4.90 Å². The summed E-state index contributed by atoms with van der Waals surface area (Å²) in [5.41, 5.74) is 0. The van der Waals surface area contributed by atoms with E-state index in [-0.39, 0.29) is 0 Å². The zero-order valence-electron chi connectivity index (χ0n) is 8.99. The highest BCUT2D eigenvalue weighted by Gasteiger charge is 2.15. The minimum absolute atomic E-state index is 0.392. The van der Waals surface area contributed by atoms with Gasteiger partial charge >= 0.3 is 0 Å². The maximum atomic E-state index is 10.8. The van der Waals surface area contributed by atoms with Crippen molar-refractivity contribution in [2.75, 3.05) is 32.4 Å². The van der Waals surface area contributed by atoms with Crippen LogP contribution < -0.4 is 4.72 Å². The van der Waals surface area contributed by atoms with Crippen molar-refractivity contribution in [2.45, 2.75) is 19.8 Å². The molecule has 0 amide bonds. The van der Waals surface area contributed by atoms with Crippen LogP contribution in [0.3, 0.4) is 0 Å². The van der Waals surface area contributed by atoms with E-state index in [0.717, 1.165) is 6.54 Å². The zero-order chi connectivity index (χ0) is 10.6. The van der Waals surface area contributed by atoms with E-state index < -0.39 is 10.0 Å². The van der Waals surface area contributed by atoms with Crippen molar-refractivity contribution in [3.8, 4) is 0 Å². The molecule has 0 radical (unpaired) electrons. The molecule has 84 valence electrons. The van der Waals surface area contributed by atoms with E-state index >= 15 is 0 Å². The summed E-state index contributed by atoms with van der Waals surface area (Å²) in [6.45, 7) is 5.97. The minimum atomic E-state index is -3.02. The van der Waals surface area contributed by atoms with Crippen LogP contribution in [0.1, 0.15) is 19.8 Å². The van der Waals surface area contributed by atoms with Gasteiger partial charge in [-0.25, -0.2) is 13.1 Å². The normalized spacial score (nSPS) is 21.3. The molecule has 0 bridgehead atoms. The van der Waals surface area contributed by atoms with Crippen molar-refractivity contribution in [1.29, 1.82) is 0 Å².